The molecule has 1 aliphatic rings. The minimum absolute atomic E-state index is 0.549. The number of benzene rings is 1. The number of hydrogen-bond acceptors (Lipinski definition) is 3. The molecular formula is C13H19NO3. The number of ether oxygens (including phenoxy) is 1. The first-order valence-electron chi connectivity index (χ1n) is 5.82. The van der Waals surface area contributed by atoms with Gasteiger partial charge in [-0.3, -0.25) is 4.79 Å². The van der Waals surface area contributed by atoms with Gasteiger partial charge < -0.3 is 15.2 Å². The Balaban J connectivity index is 0.000000239. The van der Waals surface area contributed by atoms with Crippen LogP contribution in [0.15, 0.2) is 30.3 Å². The summed E-state index contributed by atoms with van der Waals surface area (Å²) in [4.78, 5) is 10.4. The van der Waals surface area contributed by atoms with Gasteiger partial charge in [-0.05, 0) is 31.9 Å². The Morgan fingerprint density at radius 3 is 2.29 bits per heavy atom. The van der Waals surface area contributed by atoms with E-state index in [-0.39, 0.29) is 0 Å². The van der Waals surface area contributed by atoms with Gasteiger partial charge in [0, 0.05) is 18.9 Å². The number of carbonyl (C=O) groups is 1. The van der Waals surface area contributed by atoms with Crippen molar-refractivity contribution < 1.29 is 14.6 Å². The van der Waals surface area contributed by atoms with Gasteiger partial charge >= 0.3 is 5.97 Å². The smallest absolute Gasteiger partial charge is 0.325 e. The molecular weight excluding hydrogens is 218 g/mol. The second-order valence-corrected chi connectivity index (χ2v) is 3.89. The first-order valence-corrected chi connectivity index (χ1v) is 5.82. The second-order valence-electron chi connectivity index (χ2n) is 3.89. The van der Waals surface area contributed by atoms with Gasteiger partial charge in [-0.15, -0.1) is 0 Å². The standard InChI is InChI=1S/C9H11NO2.C4H8O/c1-7(9(11)12)10-8-5-3-2-4-6-8;1-2-4-5-3-1/h2-7,10H,1H3,(H,11,12);1-4H2/t7-;/m0./s1. The molecule has 94 valence electrons. The summed E-state index contributed by atoms with van der Waals surface area (Å²) in [6.07, 6.45) is 2.56. The van der Waals surface area contributed by atoms with E-state index in [4.69, 9.17) is 9.84 Å². The van der Waals surface area contributed by atoms with Crippen molar-refractivity contribution in [2.24, 2.45) is 0 Å². The molecule has 0 radical (unpaired) electrons. The number of carboxylic acids is 1. The van der Waals surface area contributed by atoms with Crippen molar-refractivity contribution in [1.29, 1.82) is 0 Å². The fourth-order valence-electron chi connectivity index (χ4n) is 1.36. The molecule has 1 atom stereocenters. The van der Waals surface area contributed by atoms with Crippen LogP contribution in [0.5, 0.6) is 0 Å². The fourth-order valence-corrected chi connectivity index (χ4v) is 1.36. The molecule has 0 spiro atoms. The summed E-state index contributed by atoms with van der Waals surface area (Å²) in [6, 6.07) is 8.72. The zero-order valence-electron chi connectivity index (χ0n) is 10.1. The van der Waals surface area contributed by atoms with Crippen molar-refractivity contribution in [2.45, 2.75) is 25.8 Å². The van der Waals surface area contributed by atoms with Crippen LogP contribution in [-0.4, -0.2) is 30.3 Å². The van der Waals surface area contributed by atoms with Gasteiger partial charge in [0.05, 0.1) is 0 Å². The van der Waals surface area contributed by atoms with Crippen molar-refractivity contribution in [3.05, 3.63) is 30.3 Å². The van der Waals surface area contributed by atoms with Crippen LogP contribution >= 0.6 is 0 Å². The molecule has 0 aliphatic carbocycles. The van der Waals surface area contributed by atoms with Crippen LogP contribution in [0.3, 0.4) is 0 Å². The van der Waals surface area contributed by atoms with E-state index in [0.29, 0.717) is 0 Å². The number of rotatable bonds is 3. The van der Waals surface area contributed by atoms with Gasteiger partial charge in [0.2, 0.25) is 0 Å². The van der Waals surface area contributed by atoms with Crippen LogP contribution < -0.4 is 5.32 Å². The van der Waals surface area contributed by atoms with E-state index in [2.05, 4.69) is 5.32 Å². The molecule has 4 nitrogen and oxygen atoms in total. The minimum atomic E-state index is -0.848. The average Bonchev–Trinajstić information content (AvgIpc) is 2.89. The Kier molecular flexibility index (Phi) is 6.10. The highest BCUT2D eigenvalue weighted by molar-refractivity contribution is 5.76. The molecule has 1 fully saturated rings. The van der Waals surface area contributed by atoms with E-state index >= 15 is 0 Å². The van der Waals surface area contributed by atoms with E-state index in [0.717, 1.165) is 18.9 Å². The minimum Gasteiger partial charge on any atom is -0.480 e. The number of hydrogen-bond donors (Lipinski definition) is 2. The van der Waals surface area contributed by atoms with Crippen molar-refractivity contribution in [1.82, 2.24) is 0 Å². The largest absolute Gasteiger partial charge is 0.480 e. The second kappa shape index (κ2) is 7.68. The monoisotopic (exact) mass is 237 g/mol. The molecule has 0 saturated carbocycles. The van der Waals surface area contributed by atoms with E-state index in [1.54, 1.807) is 6.92 Å². The normalized spacial score (nSPS) is 15.6. The molecule has 2 rings (SSSR count). The Morgan fingerprint density at radius 2 is 1.88 bits per heavy atom. The quantitative estimate of drug-likeness (QED) is 0.847. The first-order chi connectivity index (χ1) is 8.20. The number of nitrogens with one attached hydrogen (secondary N) is 1. The average molecular weight is 237 g/mol. The molecule has 0 amide bonds. The Labute approximate surface area is 102 Å². The molecule has 0 unspecified atom stereocenters. The SMILES string of the molecule is C1CCOC1.C[C@H](Nc1ccccc1)C(=O)O. The van der Waals surface area contributed by atoms with E-state index in [1.807, 2.05) is 30.3 Å². The molecule has 1 aromatic carbocycles. The molecule has 1 heterocycles. The van der Waals surface area contributed by atoms with Crippen LogP contribution in [0.2, 0.25) is 0 Å². The van der Waals surface area contributed by atoms with E-state index < -0.39 is 12.0 Å². The highest BCUT2D eigenvalue weighted by Gasteiger charge is 2.08. The molecule has 4 heteroatoms. The first kappa shape index (κ1) is 13.5. The van der Waals surface area contributed by atoms with Gasteiger partial charge in [0.15, 0.2) is 0 Å². The molecule has 1 aromatic rings. The lowest BCUT2D eigenvalue weighted by Crippen LogP contribution is -2.25. The van der Waals surface area contributed by atoms with Crippen molar-refractivity contribution >= 4 is 11.7 Å². The molecule has 1 aliphatic heterocycles. The third-order valence-corrected chi connectivity index (χ3v) is 2.35. The van der Waals surface area contributed by atoms with E-state index in [1.165, 1.54) is 12.8 Å². The van der Waals surface area contributed by atoms with Crippen LogP contribution in [0.25, 0.3) is 0 Å². The van der Waals surface area contributed by atoms with Crippen LogP contribution in [0, 0.1) is 0 Å². The third kappa shape index (κ3) is 5.92. The predicted molar refractivity (Wildman–Crippen MR) is 67.2 cm³/mol. The molecule has 1 saturated heterocycles. The summed E-state index contributed by atoms with van der Waals surface area (Å²) in [6.45, 7) is 3.61. The maximum atomic E-state index is 10.4. The topological polar surface area (TPSA) is 58.6 Å². The lowest BCUT2D eigenvalue weighted by Gasteiger charge is -2.09. The van der Waals surface area contributed by atoms with Crippen LogP contribution in [0.1, 0.15) is 19.8 Å². The summed E-state index contributed by atoms with van der Waals surface area (Å²) in [5.74, 6) is -0.848. The summed E-state index contributed by atoms with van der Waals surface area (Å²) in [5, 5.41) is 11.4. The summed E-state index contributed by atoms with van der Waals surface area (Å²) in [7, 11) is 0. The number of anilines is 1. The van der Waals surface area contributed by atoms with Gasteiger partial charge in [-0.25, -0.2) is 0 Å². The van der Waals surface area contributed by atoms with E-state index in [9.17, 15) is 4.79 Å². The highest BCUT2D eigenvalue weighted by Crippen LogP contribution is 2.06. The van der Waals surface area contributed by atoms with Crippen molar-refractivity contribution in [2.75, 3.05) is 18.5 Å². The van der Waals surface area contributed by atoms with Crippen LogP contribution in [-0.2, 0) is 9.53 Å². The predicted octanol–water partition coefficient (Wildman–Crippen LogP) is 2.37. The molecule has 0 bridgehead atoms. The zero-order valence-corrected chi connectivity index (χ0v) is 10.1. The number of carboxylic acid groups (broad SMARTS) is 1. The number of para-hydroxylation sites is 1. The Hall–Kier alpha value is -1.55. The third-order valence-electron chi connectivity index (χ3n) is 2.35. The number of aliphatic carboxylic acids is 1. The Morgan fingerprint density at radius 1 is 1.29 bits per heavy atom. The highest BCUT2D eigenvalue weighted by atomic mass is 16.5. The summed E-state index contributed by atoms with van der Waals surface area (Å²) < 4.78 is 4.94. The van der Waals surface area contributed by atoms with Crippen molar-refractivity contribution in [3.8, 4) is 0 Å². The molecule has 17 heavy (non-hydrogen) atoms. The van der Waals surface area contributed by atoms with Gasteiger partial charge in [-0.1, -0.05) is 18.2 Å². The maximum absolute atomic E-state index is 10.4. The van der Waals surface area contributed by atoms with Gasteiger partial charge in [0.1, 0.15) is 6.04 Å². The molecule has 0 aromatic heterocycles. The zero-order chi connectivity index (χ0) is 12.5. The van der Waals surface area contributed by atoms with Crippen molar-refractivity contribution in [3.63, 3.8) is 0 Å². The Bertz CT molecular complexity index is 315. The maximum Gasteiger partial charge on any atom is 0.325 e. The lowest BCUT2D eigenvalue weighted by atomic mass is 10.3. The fraction of sp³-hybridized carbons (Fsp3) is 0.462. The van der Waals surface area contributed by atoms with Gasteiger partial charge in [-0.2, -0.15) is 0 Å². The van der Waals surface area contributed by atoms with Gasteiger partial charge in [0.25, 0.3) is 0 Å². The van der Waals surface area contributed by atoms with Crippen LogP contribution in [0.4, 0.5) is 5.69 Å². The molecule has 2 N–H and O–H groups in total. The summed E-state index contributed by atoms with van der Waals surface area (Å²) in [5.41, 5.74) is 0.826. The lowest BCUT2D eigenvalue weighted by molar-refractivity contribution is -0.137. The summed E-state index contributed by atoms with van der Waals surface area (Å²) >= 11 is 0.